The number of nitro benzene ring substituents is 1. The predicted octanol–water partition coefficient (Wildman–Crippen LogP) is 6.25. The molecule has 0 aliphatic carbocycles. The molecule has 0 radical (unpaired) electrons. The zero-order chi connectivity index (χ0) is 19.3. The Hall–Kier alpha value is -1.98. The van der Waals surface area contributed by atoms with E-state index in [2.05, 4.69) is 0 Å². The summed E-state index contributed by atoms with van der Waals surface area (Å²) in [6.07, 6.45) is 0. The highest BCUT2D eigenvalue weighted by Gasteiger charge is 2.19. The van der Waals surface area contributed by atoms with Crippen molar-refractivity contribution in [1.82, 2.24) is 0 Å². The molecule has 136 valence electrons. The summed E-state index contributed by atoms with van der Waals surface area (Å²) in [4.78, 5) is 9.89. The molecule has 2 N–H and O–H groups in total. The molecule has 0 aliphatic rings. The molecule has 0 atom stereocenters. The second-order valence-corrected chi connectivity index (χ2v) is 7.01. The summed E-state index contributed by atoms with van der Waals surface area (Å²) in [7, 11) is 0. The maximum Gasteiger partial charge on any atom is 0.312 e. The smallest absolute Gasteiger partial charge is 0.312 e. The van der Waals surface area contributed by atoms with Crippen LogP contribution in [0.3, 0.4) is 0 Å². The van der Waals surface area contributed by atoms with Crippen LogP contribution < -0.4 is 0 Å². The Morgan fingerprint density at radius 1 is 0.920 bits per heavy atom. The molecule has 2 aromatic carbocycles. The maximum absolute atomic E-state index is 10.5. The van der Waals surface area contributed by atoms with Gasteiger partial charge in [0, 0.05) is 21.7 Å². The fourth-order valence-corrected chi connectivity index (χ4v) is 2.57. The minimum atomic E-state index is -0.646. The number of benzene rings is 2. The number of phenolic OH excluding ortho intramolecular Hbond substituents is 2. The number of phenols is 2. The number of hydrogen-bond donors (Lipinski definition) is 2. The molecule has 0 unspecified atom stereocenters. The molecule has 7 heteroatoms. The summed E-state index contributed by atoms with van der Waals surface area (Å²) >= 11 is 11.4. The third kappa shape index (κ3) is 5.80. The van der Waals surface area contributed by atoms with Crippen LogP contribution in [0, 0.1) is 10.1 Å². The Morgan fingerprint density at radius 3 is 1.88 bits per heavy atom. The van der Waals surface area contributed by atoms with Crippen LogP contribution in [0.5, 0.6) is 11.5 Å². The van der Waals surface area contributed by atoms with Crippen LogP contribution in [0.2, 0.25) is 10.0 Å². The Balaban J connectivity index is 0.000000257. The highest BCUT2D eigenvalue weighted by Crippen LogP contribution is 2.36. The average Bonchev–Trinajstić information content (AvgIpc) is 2.51. The van der Waals surface area contributed by atoms with E-state index in [4.69, 9.17) is 23.2 Å². The van der Waals surface area contributed by atoms with Crippen molar-refractivity contribution in [2.45, 2.75) is 39.5 Å². The standard InChI is InChI=1S/C9H10ClNO3.C9H11ClO/c1-5(2)7-3-6(10)4-8(9(7)12)11(13)14;1-6(2)8-5-7(10)3-4-9(8)11/h3-5,12H,1-2H3;3-6,11H,1-2H3. The summed E-state index contributed by atoms with van der Waals surface area (Å²) in [5, 5.41) is 30.4. The fraction of sp³-hybridized carbons (Fsp3) is 0.333. The molecule has 0 bridgehead atoms. The molecule has 2 rings (SSSR count). The van der Waals surface area contributed by atoms with Crippen LogP contribution in [-0.2, 0) is 0 Å². The van der Waals surface area contributed by atoms with E-state index < -0.39 is 4.92 Å². The van der Waals surface area contributed by atoms with Gasteiger partial charge in [0.25, 0.3) is 0 Å². The third-order valence-corrected chi connectivity index (χ3v) is 3.97. The Labute approximate surface area is 157 Å². The molecule has 0 heterocycles. The van der Waals surface area contributed by atoms with Gasteiger partial charge in [-0.1, -0.05) is 50.9 Å². The number of aromatic hydroxyl groups is 2. The highest BCUT2D eigenvalue weighted by molar-refractivity contribution is 6.31. The van der Waals surface area contributed by atoms with Crippen LogP contribution in [0.4, 0.5) is 5.69 Å². The summed E-state index contributed by atoms with van der Waals surface area (Å²) in [5.74, 6) is 0.333. The lowest BCUT2D eigenvalue weighted by Gasteiger charge is -2.08. The molecule has 0 spiro atoms. The number of nitro groups is 1. The maximum atomic E-state index is 10.5. The second-order valence-electron chi connectivity index (χ2n) is 6.13. The molecule has 0 aromatic heterocycles. The van der Waals surface area contributed by atoms with E-state index in [9.17, 15) is 20.3 Å². The van der Waals surface area contributed by atoms with Gasteiger partial charge in [-0.2, -0.15) is 0 Å². The van der Waals surface area contributed by atoms with E-state index in [1.807, 2.05) is 27.7 Å². The topological polar surface area (TPSA) is 83.6 Å². The molecule has 0 fully saturated rings. The van der Waals surface area contributed by atoms with E-state index in [-0.39, 0.29) is 22.4 Å². The Kier molecular flexibility index (Phi) is 7.52. The zero-order valence-electron chi connectivity index (χ0n) is 14.5. The molecule has 0 amide bonds. The van der Waals surface area contributed by atoms with Gasteiger partial charge < -0.3 is 10.2 Å². The van der Waals surface area contributed by atoms with Gasteiger partial charge in [-0.05, 0) is 41.7 Å². The lowest BCUT2D eigenvalue weighted by molar-refractivity contribution is -0.385. The van der Waals surface area contributed by atoms with Gasteiger partial charge in [0.05, 0.1) is 4.92 Å². The third-order valence-electron chi connectivity index (χ3n) is 3.51. The second kappa shape index (κ2) is 8.92. The lowest BCUT2D eigenvalue weighted by Crippen LogP contribution is -1.94. The highest BCUT2D eigenvalue weighted by atomic mass is 35.5. The van der Waals surface area contributed by atoms with Crippen molar-refractivity contribution in [3.63, 3.8) is 0 Å². The molecular formula is C18H21Cl2NO4. The quantitative estimate of drug-likeness (QED) is 0.483. The van der Waals surface area contributed by atoms with Crippen LogP contribution in [0.25, 0.3) is 0 Å². The van der Waals surface area contributed by atoms with Crippen LogP contribution in [0.1, 0.15) is 50.7 Å². The van der Waals surface area contributed by atoms with E-state index in [1.54, 1.807) is 18.2 Å². The van der Waals surface area contributed by atoms with E-state index >= 15 is 0 Å². The SMILES string of the molecule is CC(C)c1cc(Cl)cc([N+](=O)[O-])c1O.CC(C)c1cc(Cl)ccc1O. The number of rotatable bonds is 3. The van der Waals surface area contributed by atoms with Gasteiger partial charge in [0.1, 0.15) is 5.75 Å². The average molecular weight is 386 g/mol. The van der Waals surface area contributed by atoms with Crippen molar-refractivity contribution in [1.29, 1.82) is 0 Å². The van der Waals surface area contributed by atoms with Crippen molar-refractivity contribution >= 4 is 28.9 Å². The van der Waals surface area contributed by atoms with E-state index in [0.717, 1.165) is 11.6 Å². The molecule has 0 saturated carbocycles. The van der Waals surface area contributed by atoms with Gasteiger partial charge in [0.2, 0.25) is 0 Å². The summed E-state index contributed by atoms with van der Waals surface area (Å²) in [6, 6.07) is 7.78. The minimum Gasteiger partial charge on any atom is -0.508 e. The van der Waals surface area contributed by atoms with Gasteiger partial charge in [-0.15, -0.1) is 0 Å². The van der Waals surface area contributed by atoms with Crippen molar-refractivity contribution < 1.29 is 15.1 Å². The van der Waals surface area contributed by atoms with Crippen molar-refractivity contribution in [3.8, 4) is 11.5 Å². The van der Waals surface area contributed by atoms with Crippen molar-refractivity contribution in [2.24, 2.45) is 0 Å². The zero-order valence-corrected chi connectivity index (χ0v) is 16.0. The van der Waals surface area contributed by atoms with Crippen LogP contribution >= 0.6 is 23.2 Å². The van der Waals surface area contributed by atoms with Gasteiger partial charge in [-0.3, -0.25) is 10.1 Å². The molecule has 0 aliphatic heterocycles. The normalized spacial score (nSPS) is 10.6. The largest absolute Gasteiger partial charge is 0.508 e. The molecule has 5 nitrogen and oxygen atoms in total. The van der Waals surface area contributed by atoms with Gasteiger partial charge >= 0.3 is 5.69 Å². The lowest BCUT2D eigenvalue weighted by atomic mass is 10.0. The van der Waals surface area contributed by atoms with E-state index in [0.29, 0.717) is 22.3 Å². The first kappa shape index (κ1) is 21.1. The molecular weight excluding hydrogens is 365 g/mol. The van der Waals surface area contributed by atoms with Crippen molar-refractivity contribution in [3.05, 3.63) is 61.6 Å². The van der Waals surface area contributed by atoms with Crippen LogP contribution in [-0.4, -0.2) is 15.1 Å². The first-order valence-corrected chi connectivity index (χ1v) is 8.45. The summed E-state index contributed by atoms with van der Waals surface area (Å²) in [6.45, 7) is 7.70. The van der Waals surface area contributed by atoms with Crippen LogP contribution in [0.15, 0.2) is 30.3 Å². The molecule has 2 aromatic rings. The summed E-state index contributed by atoms with van der Waals surface area (Å²) in [5.41, 5.74) is 1.04. The van der Waals surface area contributed by atoms with Crippen molar-refractivity contribution in [2.75, 3.05) is 0 Å². The number of hydrogen-bond acceptors (Lipinski definition) is 4. The monoisotopic (exact) mass is 385 g/mol. The number of nitrogens with zero attached hydrogens (tertiary/aromatic N) is 1. The first-order valence-electron chi connectivity index (χ1n) is 7.69. The molecule has 0 saturated heterocycles. The van der Waals surface area contributed by atoms with Gasteiger partial charge in [-0.25, -0.2) is 0 Å². The Morgan fingerprint density at radius 2 is 1.44 bits per heavy atom. The van der Waals surface area contributed by atoms with E-state index in [1.165, 1.54) is 6.07 Å². The fourth-order valence-electron chi connectivity index (χ4n) is 2.17. The Bertz CT molecular complexity index is 761. The minimum absolute atomic E-state index is 0.00704. The summed E-state index contributed by atoms with van der Waals surface area (Å²) < 4.78 is 0. The first-order chi connectivity index (χ1) is 11.5. The molecule has 25 heavy (non-hydrogen) atoms. The van der Waals surface area contributed by atoms with Gasteiger partial charge in [0.15, 0.2) is 5.75 Å². The number of halogens is 2. The predicted molar refractivity (Wildman–Crippen MR) is 101 cm³/mol.